The number of anilines is 1. The Balaban J connectivity index is 1.53. The van der Waals surface area contributed by atoms with Crippen LogP contribution in [0.3, 0.4) is 0 Å². The van der Waals surface area contributed by atoms with Gasteiger partial charge in [-0.15, -0.1) is 11.3 Å². The van der Waals surface area contributed by atoms with Crippen LogP contribution in [0.4, 0.5) is 5.13 Å². The van der Waals surface area contributed by atoms with Crippen LogP contribution in [0.25, 0.3) is 0 Å². The lowest BCUT2D eigenvalue weighted by atomic mass is 9.87. The van der Waals surface area contributed by atoms with E-state index in [9.17, 15) is 13.8 Å². The van der Waals surface area contributed by atoms with Gasteiger partial charge in [0.2, 0.25) is 5.91 Å². The minimum atomic E-state index is -1.05. The third kappa shape index (κ3) is 4.60. The molecule has 2 saturated carbocycles. The Kier molecular flexibility index (Phi) is 6.57. The minimum Gasteiger partial charge on any atom is -0.466 e. The van der Waals surface area contributed by atoms with Gasteiger partial charge in [-0.1, -0.05) is 37.8 Å². The van der Waals surface area contributed by atoms with Gasteiger partial charge in [-0.3, -0.25) is 13.8 Å². The molecule has 3 atom stereocenters. The van der Waals surface area contributed by atoms with Crippen LogP contribution in [0, 0.1) is 11.8 Å². The van der Waals surface area contributed by atoms with Crippen molar-refractivity contribution in [3.05, 3.63) is 40.9 Å². The number of nitrogens with zero attached hydrogens (tertiary/aromatic N) is 1. The molecule has 1 aromatic carbocycles. The molecule has 2 aliphatic carbocycles. The van der Waals surface area contributed by atoms with Gasteiger partial charge in [0.05, 0.1) is 24.1 Å². The lowest BCUT2D eigenvalue weighted by molar-refractivity contribution is -0.142. The van der Waals surface area contributed by atoms with Gasteiger partial charge in [0.15, 0.2) is 5.13 Å². The normalized spacial score (nSPS) is 24.0. The third-order valence-electron chi connectivity index (χ3n) is 6.49. The first-order valence-corrected chi connectivity index (χ1v) is 13.2. The quantitative estimate of drug-likeness (QED) is 0.600. The van der Waals surface area contributed by atoms with Crippen molar-refractivity contribution >= 4 is 39.1 Å². The number of hydrogen-bond acceptors (Lipinski definition) is 6. The molecule has 2 aromatic rings. The first kappa shape index (κ1) is 22.1. The number of esters is 1. The van der Waals surface area contributed by atoms with Crippen molar-refractivity contribution in [1.82, 2.24) is 4.98 Å². The molecule has 1 amide bonds. The van der Waals surface area contributed by atoms with Crippen molar-refractivity contribution in [2.24, 2.45) is 11.8 Å². The molecule has 6 nitrogen and oxygen atoms in total. The zero-order chi connectivity index (χ0) is 22.0. The summed E-state index contributed by atoms with van der Waals surface area (Å²) in [5.41, 5.74) is 1.03. The summed E-state index contributed by atoms with van der Waals surface area (Å²) in [6.45, 7) is 2.10. The summed E-state index contributed by atoms with van der Waals surface area (Å²) >= 11 is 1.33. The fraction of sp³-hybridized carbons (Fsp3) is 0.522. The van der Waals surface area contributed by atoms with E-state index in [0.717, 1.165) is 16.9 Å². The molecule has 8 heteroatoms. The highest BCUT2D eigenvalue weighted by atomic mass is 32.2. The van der Waals surface area contributed by atoms with Crippen molar-refractivity contribution in [1.29, 1.82) is 0 Å². The molecule has 4 rings (SSSR count). The number of carbonyl (C=O) groups excluding carboxylic acids is 2. The highest BCUT2D eigenvalue weighted by molar-refractivity contribution is 7.84. The van der Waals surface area contributed by atoms with E-state index in [4.69, 9.17) is 4.74 Å². The van der Waals surface area contributed by atoms with Crippen LogP contribution in [-0.2, 0) is 37.0 Å². The summed E-state index contributed by atoms with van der Waals surface area (Å²) < 4.78 is 16.8. The molecule has 166 valence electrons. The van der Waals surface area contributed by atoms with Crippen molar-refractivity contribution in [3.63, 3.8) is 0 Å². The molecule has 0 spiro atoms. The van der Waals surface area contributed by atoms with Crippen LogP contribution in [0.1, 0.15) is 50.3 Å². The smallest absolute Gasteiger partial charge is 0.311 e. The number of rotatable bonds is 8. The second-order valence-electron chi connectivity index (χ2n) is 8.38. The van der Waals surface area contributed by atoms with Crippen LogP contribution in [0.2, 0.25) is 0 Å². The maximum absolute atomic E-state index is 13.5. The number of benzene rings is 1. The van der Waals surface area contributed by atoms with Crippen LogP contribution in [-0.4, -0.2) is 33.9 Å². The number of aromatic nitrogens is 1. The van der Waals surface area contributed by atoms with Gasteiger partial charge in [0, 0.05) is 27.3 Å². The standard InChI is InChI=1S/C23H28N2O4S2/c1-3-29-20(26)12-17-14-30-22(24-17)25-21(27)23(13-19(23)15-6-4-5-7-15)16-8-10-18(11-9-16)31(2)28/h8-11,14-15,19H,3-7,12-13H2,1-2H3,(H,24,25,27)/t19-,23-,31?/m0/s1. The molecule has 0 radical (unpaired) electrons. The molecule has 1 N–H and O–H groups in total. The Morgan fingerprint density at radius 1 is 1.26 bits per heavy atom. The third-order valence-corrected chi connectivity index (χ3v) is 8.24. The summed E-state index contributed by atoms with van der Waals surface area (Å²) in [6.07, 6.45) is 7.42. The maximum Gasteiger partial charge on any atom is 0.311 e. The fourth-order valence-corrected chi connectivity index (χ4v) is 6.12. The van der Waals surface area contributed by atoms with Gasteiger partial charge in [-0.25, -0.2) is 4.98 Å². The summed E-state index contributed by atoms with van der Waals surface area (Å²) in [6, 6.07) is 7.65. The number of carbonyl (C=O) groups is 2. The van der Waals surface area contributed by atoms with E-state index in [1.54, 1.807) is 18.6 Å². The van der Waals surface area contributed by atoms with Crippen LogP contribution in [0.5, 0.6) is 0 Å². The molecular formula is C23H28N2O4S2. The topological polar surface area (TPSA) is 85.4 Å². The van der Waals surface area contributed by atoms with Crippen LogP contribution < -0.4 is 5.32 Å². The molecule has 1 heterocycles. The van der Waals surface area contributed by atoms with E-state index < -0.39 is 16.2 Å². The van der Waals surface area contributed by atoms with E-state index >= 15 is 0 Å². The molecule has 1 unspecified atom stereocenters. The molecule has 2 fully saturated rings. The molecule has 2 aliphatic rings. The van der Waals surface area contributed by atoms with Crippen molar-refractivity contribution in [3.8, 4) is 0 Å². The SMILES string of the molecule is CCOC(=O)Cc1csc(NC(=O)[C@]2(c3ccc(S(C)=O)cc3)C[C@H]2C2CCCC2)n1. The number of hydrogen-bond donors (Lipinski definition) is 1. The van der Waals surface area contributed by atoms with Crippen LogP contribution >= 0.6 is 11.3 Å². The largest absolute Gasteiger partial charge is 0.466 e. The predicted octanol–water partition coefficient (Wildman–Crippen LogP) is 4.07. The highest BCUT2D eigenvalue weighted by Gasteiger charge is 2.63. The zero-order valence-corrected chi connectivity index (χ0v) is 19.5. The number of thiazole rings is 1. The molecule has 0 bridgehead atoms. The minimum absolute atomic E-state index is 0.0354. The summed E-state index contributed by atoms with van der Waals surface area (Å²) in [7, 11) is -1.05. The highest BCUT2D eigenvalue weighted by Crippen LogP contribution is 2.61. The fourth-order valence-electron chi connectivity index (χ4n) is 4.90. The van der Waals surface area contributed by atoms with E-state index in [1.165, 1.54) is 37.0 Å². The Morgan fingerprint density at radius 3 is 2.61 bits per heavy atom. The second kappa shape index (κ2) is 9.20. The first-order chi connectivity index (χ1) is 14.9. The Bertz CT molecular complexity index is 982. The summed E-state index contributed by atoms with van der Waals surface area (Å²) in [5, 5.41) is 5.31. The predicted molar refractivity (Wildman–Crippen MR) is 122 cm³/mol. The Hall–Kier alpha value is -2.06. The number of ether oxygens (including phenoxy) is 1. The number of amides is 1. The van der Waals surface area contributed by atoms with Gasteiger partial charge in [-0.2, -0.15) is 0 Å². The maximum atomic E-state index is 13.5. The van der Waals surface area contributed by atoms with E-state index in [0.29, 0.717) is 29.3 Å². The second-order valence-corrected chi connectivity index (χ2v) is 10.6. The average molecular weight is 461 g/mol. The van der Waals surface area contributed by atoms with Gasteiger partial charge in [0.25, 0.3) is 0 Å². The van der Waals surface area contributed by atoms with Gasteiger partial charge in [-0.05, 0) is 42.9 Å². The van der Waals surface area contributed by atoms with Crippen molar-refractivity contribution < 1.29 is 18.5 Å². The molecule has 0 aliphatic heterocycles. The first-order valence-electron chi connectivity index (χ1n) is 10.8. The van der Waals surface area contributed by atoms with Gasteiger partial charge < -0.3 is 10.1 Å². The van der Waals surface area contributed by atoms with Gasteiger partial charge in [0.1, 0.15) is 0 Å². The summed E-state index contributed by atoms with van der Waals surface area (Å²) in [4.78, 5) is 30.4. The molecular weight excluding hydrogens is 432 g/mol. The van der Waals surface area contributed by atoms with Crippen molar-refractivity contribution in [2.75, 3.05) is 18.2 Å². The molecule has 31 heavy (non-hydrogen) atoms. The monoisotopic (exact) mass is 460 g/mol. The van der Waals surface area contributed by atoms with Crippen molar-refractivity contribution in [2.45, 2.75) is 55.8 Å². The Morgan fingerprint density at radius 2 is 1.97 bits per heavy atom. The van der Waals surface area contributed by atoms with Crippen LogP contribution in [0.15, 0.2) is 34.5 Å². The van der Waals surface area contributed by atoms with Gasteiger partial charge >= 0.3 is 5.97 Å². The lowest BCUT2D eigenvalue weighted by Gasteiger charge is -2.20. The average Bonchev–Trinajstić information content (AvgIpc) is 3.06. The zero-order valence-electron chi connectivity index (χ0n) is 17.9. The number of nitrogens with one attached hydrogen (secondary N) is 1. The molecule has 1 aromatic heterocycles. The summed E-state index contributed by atoms with van der Waals surface area (Å²) in [5.74, 6) is 0.541. The Labute approximate surface area is 189 Å². The molecule has 0 saturated heterocycles. The van der Waals surface area contributed by atoms with E-state index in [1.807, 2.05) is 24.3 Å². The lowest BCUT2D eigenvalue weighted by Crippen LogP contribution is -2.31. The van der Waals surface area contributed by atoms with E-state index in [2.05, 4.69) is 10.3 Å². The van der Waals surface area contributed by atoms with E-state index in [-0.39, 0.29) is 18.3 Å².